The van der Waals surface area contributed by atoms with Gasteiger partial charge >= 0.3 is 0 Å². The fraction of sp³-hybridized carbons (Fsp3) is 0.0469. The van der Waals surface area contributed by atoms with Gasteiger partial charge in [-0.15, -0.1) is 0 Å². The van der Waals surface area contributed by atoms with Crippen molar-refractivity contribution in [2.75, 3.05) is 0 Å². The van der Waals surface area contributed by atoms with Crippen LogP contribution in [-0.4, -0.2) is 19.5 Å². The second-order valence-corrected chi connectivity index (χ2v) is 18.8. The predicted molar refractivity (Wildman–Crippen MR) is 284 cm³/mol. The number of hydrogen-bond donors (Lipinski definition) is 0. The first-order valence-corrected chi connectivity index (χ1v) is 23.6. The molecular weight excluding hydrogens is 841 g/mol. The van der Waals surface area contributed by atoms with E-state index < -0.39 is 0 Å². The predicted octanol–water partition coefficient (Wildman–Crippen LogP) is 16.7. The summed E-state index contributed by atoms with van der Waals surface area (Å²) in [7, 11) is 0. The Hall–Kier alpha value is -8.93. The molecule has 0 unspecified atom stereocenters. The van der Waals surface area contributed by atoms with Crippen LogP contribution in [0.15, 0.2) is 223 Å². The third-order valence-corrected chi connectivity index (χ3v) is 14.5. The minimum absolute atomic E-state index is 0.0700. The van der Waals surface area contributed by atoms with E-state index in [1.54, 1.807) is 0 Å². The molecule has 0 atom stereocenters. The van der Waals surface area contributed by atoms with Crippen molar-refractivity contribution in [1.82, 2.24) is 19.5 Å². The van der Waals surface area contributed by atoms with E-state index in [1.807, 2.05) is 36.4 Å². The van der Waals surface area contributed by atoms with Crippen molar-refractivity contribution in [3.05, 3.63) is 230 Å². The monoisotopic (exact) mass is 882 g/mol. The summed E-state index contributed by atoms with van der Waals surface area (Å²) in [6.07, 6.45) is 0. The van der Waals surface area contributed by atoms with Gasteiger partial charge < -0.3 is 4.42 Å². The van der Waals surface area contributed by atoms with E-state index in [9.17, 15) is 0 Å². The number of nitrogens with zero attached hydrogens (tertiary/aromatic N) is 4. The van der Waals surface area contributed by atoms with Crippen molar-refractivity contribution in [3.8, 4) is 73.2 Å². The van der Waals surface area contributed by atoms with Crippen LogP contribution >= 0.6 is 0 Å². The van der Waals surface area contributed by atoms with E-state index in [-0.39, 0.29) is 5.41 Å². The molecule has 3 aromatic heterocycles. The molecule has 0 saturated heterocycles. The Morgan fingerprint density at radius 2 is 0.971 bits per heavy atom. The Morgan fingerprint density at radius 3 is 1.81 bits per heavy atom. The summed E-state index contributed by atoms with van der Waals surface area (Å²) >= 11 is 0. The van der Waals surface area contributed by atoms with Crippen LogP contribution in [0.25, 0.3) is 128 Å². The molecule has 0 fully saturated rings. The maximum Gasteiger partial charge on any atom is 0.238 e. The van der Waals surface area contributed by atoms with E-state index in [0.717, 1.165) is 77.1 Å². The molecule has 0 amide bonds. The molecule has 0 saturated carbocycles. The van der Waals surface area contributed by atoms with Gasteiger partial charge in [0.1, 0.15) is 11.2 Å². The molecule has 10 aromatic carbocycles. The van der Waals surface area contributed by atoms with E-state index in [4.69, 9.17) is 19.4 Å². The standard InChI is InChI=1S/C64H42N4O/c1-64(2)54-27-10-8-23-49(54)50-32-29-44(37-55(50)64)42-19-12-18-41(35-42)43-20-13-21-45(36-43)48-25-14-26-53-59-47-22-7-6-15-39(47)31-34-56(59)68(60(48)53)63-66-61(40-16-4-3-5-17-40)65-62(67-63)46-30-33-52-51-24-9-11-28-57(51)69-58(52)38-46/h3-38H,1-2H3. The van der Waals surface area contributed by atoms with Gasteiger partial charge in [-0.1, -0.05) is 190 Å². The average Bonchev–Trinajstić information content (AvgIpc) is 4.04. The van der Waals surface area contributed by atoms with Crippen molar-refractivity contribution < 1.29 is 4.42 Å². The number of hydrogen-bond acceptors (Lipinski definition) is 4. The fourth-order valence-corrected chi connectivity index (χ4v) is 11.1. The molecule has 1 aliphatic carbocycles. The number of para-hydroxylation sites is 2. The molecule has 0 spiro atoms. The lowest BCUT2D eigenvalue weighted by atomic mass is 9.81. The zero-order valence-electron chi connectivity index (χ0n) is 38.0. The molecule has 5 nitrogen and oxygen atoms in total. The van der Waals surface area contributed by atoms with Gasteiger partial charge in [-0.3, -0.25) is 4.57 Å². The van der Waals surface area contributed by atoms with Crippen molar-refractivity contribution in [1.29, 1.82) is 0 Å². The second-order valence-electron chi connectivity index (χ2n) is 18.8. The van der Waals surface area contributed by atoms with Crippen molar-refractivity contribution in [2.45, 2.75) is 19.3 Å². The smallest absolute Gasteiger partial charge is 0.238 e. The quantitative estimate of drug-likeness (QED) is 0.167. The van der Waals surface area contributed by atoms with E-state index in [0.29, 0.717) is 17.6 Å². The van der Waals surface area contributed by atoms with Crippen LogP contribution in [0.2, 0.25) is 0 Å². The molecule has 0 aliphatic heterocycles. The summed E-state index contributed by atoms with van der Waals surface area (Å²) in [5.74, 6) is 1.69. The largest absolute Gasteiger partial charge is 0.456 e. The van der Waals surface area contributed by atoms with Crippen LogP contribution in [0.1, 0.15) is 25.0 Å². The second kappa shape index (κ2) is 15.0. The van der Waals surface area contributed by atoms with Crippen molar-refractivity contribution >= 4 is 54.5 Å². The highest BCUT2D eigenvalue weighted by molar-refractivity contribution is 6.23. The number of rotatable bonds is 6. The SMILES string of the molecule is CC1(C)c2ccccc2-c2ccc(-c3cccc(-c4cccc(-c5cccc6c7c8ccccc8ccc7n(-c7nc(-c8ccccc8)nc(-c8ccc9c(c8)oc8ccccc89)n7)c56)c4)c3)cc21. The van der Waals surface area contributed by atoms with Crippen LogP contribution in [0.4, 0.5) is 0 Å². The number of benzene rings is 10. The maximum absolute atomic E-state index is 6.38. The number of aromatic nitrogens is 4. The van der Waals surface area contributed by atoms with Gasteiger partial charge in [-0.2, -0.15) is 9.97 Å². The lowest BCUT2D eigenvalue weighted by molar-refractivity contribution is 0.660. The normalized spacial score (nSPS) is 12.9. The van der Waals surface area contributed by atoms with E-state index >= 15 is 0 Å². The first-order chi connectivity index (χ1) is 33.9. The molecule has 5 heteroatoms. The highest BCUT2D eigenvalue weighted by atomic mass is 16.3. The summed E-state index contributed by atoms with van der Waals surface area (Å²) < 4.78 is 8.64. The third-order valence-electron chi connectivity index (χ3n) is 14.5. The Bertz CT molecular complexity index is 4230. The zero-order valence-corrected chi connectivity index (χ0v) is 38.0. The Morgan fingerprint density at radius 1 is 0.377 bits per heavy atom. The van der Waals surface area contributed by atoms with E-state index in [1.165, 1.54) is 44.2 Å². The lowest BCUT2D eigenvalue weighted by Gasteiger charge is -2.22. The van der Waals surface area contributed by atoms with Gasteiger partial charge in [0, 0.05) is 43.7 Å². The molecule has 69 heavy (non-hydrogen) atoms. The molecule has 3 heterocycles. The highest BCUT2D eigenvalue weighted by Crippen LogP contribution is 2.50. The first kappa shape index (κ1) is 39.3. The molecule has 1 aliphatic rings. The fourth-order valence-electron chi connectivity index (χ4n) is 11.1. The molecule has 0 N–H and O–H groups in total. The van der Waals surface area contributed by atoms with Crippen molar-refractivity contribution in [3.63, 3.8) is 0 Å². The van der Waals surface area contributed by atoms with Gasteiger partial charge in [-0.05, 0) is 103 Å². The first-order valence-electron chi connectivity index (χ1n) is 23.6. The molecule has 0 bridgehead atoms. The lowest BCUT2D eigenvalue weighted by Crippen LogP contribution is -2.14. The zero-order chi connectivity index (χ0) is 45.8. The Balaban J connectivity index is 0.953. The molecule has 14 rings (SSSR count). The van der Waals surface area contributed by atoms with Gasteiger partial charge in [-0.25, -0.2) is 4.98 Å². The summed E-state index contributed by atoms with van der Waals surface area (Å²) in [6, 6.07) is 78.0. The molecule has 0 radical (unpaired) electrons. The topological polar surface area (TPSA) is 56.7 Å². The van der Waals surface area contributed by atoms with Gasteiger partial charge in [0.25, 0.3) is 0 Å². The van der Waals surface area contributed by atoms with Gasteiger partial charge in [0.15, 0.2) is 11.6 Å². The summed E-state index contributed by atoms with van der Waals surface area (Å²) in [4.78, 5) is 15.9. The maximum atomic E-state index is 6.38. The van der Waals surface area contributed by atoms with Gasteiger partial charge in [0.05, 0.1) is 11.0 Å². The number of fused-ring (bicyclic) bond motifs is 11. The summed E-state index contributed by atoms with van der Waals surface area (Å²) in [5, 5.41) is 6.76. The minimum Gasteiger partial charge on any atom is -0.456 e. The third kappa shape index (κ3) is 6.14. The summed E-state index contributed by atoms with van der Waals surface area (Å²) in [5.41, 5.74) is 17.7. The Kier molecular flexibility index (Phi) is 8.56. The minimum atomic E-state index is -0.0700. The molecule has 324 valence electrons. The molecule has 13 aromatic rings. The van der Waals surface area contributed by atoms with Crippen LogP contribution in [0.3, 0.4) is 0 Å². The average molecular weight is 883 g/mol. The van der Waals surface area contributed by atoms with Crippen LogP contribution in [-0.2, 0) is 5.41 Å². The van der Waals surface area contributed by atoms with E-state index in [2.05, 4.69) is 200 Å². The van der Waals surface area contributed by atoms with Crippen LogP contribution in [0.5, 0.6) is 0 Å². The summed E-state index contributed by atoms with van der Waals surface area (Å²) in [6.45, 7) is 4.69. The van der Waals surface area contributed by atoms with Crippen molar-refractivity contribution in [2.24, 2.45) is 0 Å². The van der Waals surface area contributed by atoms with Crippen LogP contribution in [0, 0.1) is 0 Å². The van der Waals surface area contributed by atoms with Crippen LogP contribution < -0.4 is 0 Å². The van der Waals surface area contributed by atoms with Gasteiger partial charge in [0.2, 0.25) is 5.95 Å². The molecular formula is C64H42N4O. The number of furan rings is 1. The highest BCUT2D eigenvalue weighted by Gasteiger charge is 2.35. The Labute approximate surface area is 398 Å².